The van der Waals surface area contributed by atoms with Crippen molar-refractivity contribution < 1.29 is 9.53 Å². The summed E-state index contributed by atoms with van der Waals surface area (Å²) in [6, 6.07) is 14.6. The van der Waals surface area contributed by atoms with Gasteiger partial charge in [-0.05, 0) is 49.1 Å². The van der Waals surface area contributed by atoms with Gasteiger partial charge in [-0.2, -0.15) is 0 Å². The number of hydrogen-bond donors (Lipinski definition) is 1. The number of nitrogens with one attached hydrogen (secondary N) is 1. The van der Waals surface area contributed by atoms with Crippen LogP contribution in [0.5, 0.6) is 5.75 Å². The smallest absolute Gasteiger partial charge is 0.317 e. The number of fused-ring (bicyclic) bond motifs is 1. The van der Waals surface area contributed by atoms with Gasteiger partial charge in [-0.25, -0.2) is 4.79 Å². The first-order chi connectivity index (χ1) is 13.1. The molecular formula is C22H27N3O2. The minimum Gasteiger partial charge on any atom is -0.491 e. The maximum Gasteiger partial charge on any atom is 0.317 e. The molecule has 5 nitrogen and oxygen atoms in total. The molecule has 1 atom stereocenters. The predicted octanol–water partition coefficient (Wildman–Crippen LogP) is 3.14. The lowest BCUT2D eigenvalue weighted by Gasteiger charge is -2.37. The molecule has 0 spiro atoms. The largest absolute Gasteiger partial charge is 0.491 e. The monoisotopic (exact) mass is 365 g/mol. The first-order valence-corrected chi connectivity index (χ1v) is 9.68. The molecule has 1 N–H and O–H groups in total. The number of carbonyl (C=O) groups excluding carboxylic acids is 1. The van der Waals surface area contributed by atoms with Gasteiger partial charge in [-0.1, -0.05) is 30.3 Å². The number of benzene rings is 2. The minimum atomic E-state index is 0.0172. The van der Waals surface area contributed by atoms with E-state index < -0.39 is 0 Å². The first-order valence-electron chi connectivity index (χ1n) is 9.68. The zero-order valence-corrected chi connectivity index (χ0v) is 16.1. The number of urea groups is 1. The van der Waals surface area contributed by atoms with Crippen LogP contribution in [-0.2, 0) is 6.42 Å². The molecule has 0 saturated carbocycles. The summed E-state index contributed by atoms with van der Waals surface area (Å²) in [7, 11) is 0. The van der Waals surface area contributed by atoms with Crippen LogP contribution in [0.1, 0.15) is 16.7 Å². The third kappa shape index (κ3) is 3.87. The molecule has 2 amide bonds. The van der Waals surface area contributed by atoms with E-state index in [9.17, 15) is 4.79 Å². The fourth-order valence-corrected chi connectivity index (χ4v) is 3.90. The Kier molecular flexibility index (Phi) is 4.92. The molecule has 2 aromatic rings. The molecule has 1 fully saturated rings. The standard InChI is InChI=1S/C22H27N3O2/c1-16-7-8-17(2)20(13-16)24-9-11-25(12-10-24)22(26)23-19-14-18-5-3-4-6-21(18)27-15-19/h3-8,13,19H,9-12,14-15H2,1-2H3,(H,23,26). The fourth-order valence-electron chi connectivity index (χ4n) is 3.90. The van der Waals surface area contributed by atoms with Crippen LogP contribution in [0, 0.1) is 13.8 Å². The third-order valence-corrected chi connectivity index (χ3v) is 5.48. The number of carbonyl (C=O) groups is 1. The summed E-state index contributed by atoms with van der Waals surface area (Å²) in [4.78, 5) is 17.0. The Balaban J connectivity index is 1.32. The Morgan fingerprint density at radius 1 is 1.07 bits per heavy atom. The van der Waals surface area contributed by atoms with Gasteiger partial charge in [0.2, 0.25) is 0 Å². The molecule has 0 aromatic heterocycles. The van der Waals surface area contributed by atoms with Gasteiger partial charge in [0.1, 0.15) is 12.4 Å². The highest BCUT2D eigenvalue weighted by Crippen LogP contribution is 2.25. The number of ether oxygens (including phenoxy) is 1. The van der Waals surface area contributed by atoms with E-state index in [2.05, 4.69) is 48.3 Å². The van der Waals surface area contributed by atoms with Gasteiger partial charge in [0, 0.05) is 31.9 Å². The van der Waals surface area contributed by atoms with Crippen LogP contribution in [0.2, 0.25) is 0 Å². The summed E-state index contributed by atoms with van der Waals surface area (Å²) in [6.45, 7) is 8.01. The second-order valence-corrected chi connectivity index (χ2v) is 7.53. The number of para-hydroxylation sites is 1. The maximum absolute atomic E-state index is 12.7. The van der Waals surface area contributed by atoms with Crippen LogP contribution < -0.4 is 15.0 Å². The molecule has 0 aliphatic carbocycles. The maximum atomic E-state index is 12.7. The summed E-state index contributed by atoms with van der Waals surface area (Å²) in [5.41, 5.74) is 5.01. The van der Waals surface area contributed by atoms with Crippen molar-refractivity contribution in [1.82, 2.24) is 10.2 Å². The lowest BCUT2D eigenvalue weighted by Crippen LogP contribution is -2.55. The van der Waals surface area contributed by atoms with E-state index in [0.717, 1.165) is 43.9 Å². The van der Waals surface area contributed by atoms with Crippen LogP contribution in [0.4, 0.5) is 10.5 Å². The molecule has 27 heavy (non-hydrogen) atoms. The van der Waals surface area contributed by atoms with Crippen molar-refractivity contribution in [3.63, 3.8) is 0 Å². The summed E-state index contributed by atoms with van der Waals surface area (Å²) in [5, 5.41) is 3.15. The topological polar surface area (TPSA) is 44.8 Å². The number of piperazine rings is 1. The lowest BCUT2D eigenvalue weighted by atomic mass is 10.0. The van der Waals surface area contributed by atoms with Crippen LogP contribution >= 0.6 is 0 Å². The Labute approximate surface area is 160 Å². The highest BCUT2D eigenvalue weighted by Gasteiger charge is 2.26. The zero-order valence-electron chi connectivity index (χ0n) is 16.1. The van der Waals surface area contributed by atoms with Crippen LogP contribution in [-0.4, -0.2) is 49.8 Å². The SMILES string of the molecule is Cc1ccc(C)c(N2CCN(C(=O)NC3COc4ccccc4C3)CC2)c1. The first kappa shape index (κ1) is 17.7. The molecule has 1 saturated heterocycles. The van der Waals surface area contributed by atoms with Gasteiger partial charge >= 0.3 is 6.03 Å². The number of anilines is 1. The van der Waals surface area contributed by atoms with Gasteiger partial charge in [0.25, 0.3) is 0 Å². The van der Waals surface area contributed by atoms with Gasteiger partial charge in [0.05, 0.1) is 6.04 Å². The summed E-state index contributed by atoms with van der Waals surface area (Å²) >= 11 is 0. The number of rotatable bonds is 2. The average Bonchev–Trinajstić information content (AvgIpc) is 2.70. The Bertz CT molecular complexity index is 828. The number of hydrogen-bond acceptors (Lipinski definition) is 3. The molecule has 2 aromatic carbocycles. The van der Waals surface area contributed by atoms with Gasteiger partial charge in [-0.15, -0.1) is 0 Å². The van der Waals surface area contributed by atoms with E-state index in [1.165, 1.54) is 16.8 Å². The van der Waals surface area contributed by atoms with E-state index in [4.69, 9.17) is 4.74 Å². The molecule has 1 unspecified atom stereocenters. The van der Waals surface area contributed by atoms with E-state index in [1.807, 2.05) is 23.1 Å². The molecule has 142 valence electrons. The Morgan fingerprint density at radius 2 is 1.85 bits per heavy atom. The van der Waals surface area contributed by atoms with Crippen molar-refractivity contribution in [2.45, 2.75) is 26.3 Å². The van der Waals surface area contributed by atoms with Crippen molar-refractivity contribution in [3.05, 3.63) is 59.2 Å². The highest BCUT2D eigenvalue weighted by molar-refractivity contribution is 5.75. The van der Waals surface area contributed by atoms with Crippen LogP contribution in [0.3, 0.4) is 0 Å². The van der Waals surface area contributed by atoms with Gasteiger partial charge in [0.15, 0.2) is 0 Å². The Hall–Kier alpha value is -2.69. The van der Waals surface area contributed by atoms with Crippen molar-refractivity contribution in [2.75, 3.05) is 37.7 Å². The Morgan fingerprint density at radius 3 is 2.67 bits per heavy atom. The summed E-state index contributed by atoms with van der Waals surface area (Å²) in [6.07, 6.45) is 0.824. The summed E-state index contributed by atoms with van der Waals surface area (Å²) < 4.78 is 5.78. The molecule has 2 aliphatic heterocycles. The zero-order chi connectivity index (χ0) is 18.8. The molecule has 5 heteroatoms. The molecule has 2 aliphatic rings. The van der Waals surface area contributed by atoms with Crippen LogP contribution in [0.25, 0.3) is 0 Å². The predicted molar refractivity (Wildman–Crippen MR) is 108 cm³/mol. The molecule has 2 heterocycles. The molecule has 4 rings (SSSR count). The van der Waals surface area contributed by atoms with E-state index in [1.54, 1.807) is 0 Å². The van der Waals surface area contributed by atoms with Gasteiger partial charge in [-0.3, -0.25) is 0 Å². The lowest BCUT2D eigenvalue weighted by molar-refractivity contribution is 0.178. The second kappa shape index (κ2) is 7.51. The van der Waals surface area contributed by atoms with Crippen molar-refractivity contribution in [2.24, 2.45) is 0 Å². The van der Waals surface area contributed by atoms with Gasteiger partial charge < -0.3 is 19.9 Å². The van der Waals surface area contributed by atoms with Crippen LogP contribution in [0.15, 0.2) is 42.5 Å². The van der Waals surface area contributed by atoms with Crippen molar-refractivity contribution in [1.29, 1.82) is 0 Å². The minimum absolute atomic E-state index is 0.0172. The van der Waals surface area contributed by atoms with E-state index in [0.29, 0.717) is 6.61 Å². The second-order valence-electron chi connectivity index (χ2n) is 7.53. The third-order valence-electron chi connectivity index (χ3n) is 5.48. The van der Waals surface area contributed by atoms with Crippen molar-refractivity contribution >= 4 is 11.7 Å². The molecular weight excluding hydrogens is 338 g/mol. The number of nitrogens with zero attached hydrogens (tertiary/aromatic N) is 2. The normalized spacial score (nSPS) is 19.3. The quantitative estimate of drug-likeness (QED) is 0.889. The average molecular weight is 365 g/mol. The summed E-state index contributed by atoms with van der Waals surface area (Å²) in [5.74, 6) is 0.935. The number of aryl methyl sites for hydroxylation is 2. The van der Waals surface area contributed by atoms with E-state index >= 15 is 0 Å². The molecule has 0 bridgehead atoms. The van der Waals surface area contributed by atoms with Crippen molar-refractivity contribution in [3.8, 4) is 5.75 Å². The highest BCUT2D eigenvalue weighted by atomic mass is 16.5. The number of amides is 2. The fraction of sp³-hybridized carbons (Fsp3) is 0.409. The van der Waals surface area contributed by atoms with E-state index in [-0.39, 0.29) is 12.1 Å². The molecule has 0 radical (unpaired) electrons.